The molecule has 0 saturated carbocycles. The lowest BCUT2D eigenvalue weighted by molar-refractivity contribution is 0.401. The van der Waals surface area contributed by atoms with Gasteiger partial charge in [0.05, 0.1) is 18.5 Å². The average Bonchev–Trinajstić information content (AvgIpc) is 2.87. The van der Waals surface area contributed by atoms with Crippen LogP contribution >= 0.6 is 0 Å². The fourth-order valence-electron chi connectivity index (χ4n) is 2.08. The topological polar surface area (TPSA) is 96.7 Å². The monoisotopic (exact) mass is 259 g/mol. The van der Waals surface area contributed by atoms with E-state index in [0.717, 1.165) is 11.4 Å². The zero-order valence-electron chi connectivity index (χ0n) is 10.8. The summed E-state index contributed by atoms with van der Waals surface area (Å²) in [6, 6.07) is 0. The molecule has 0 aromatic carbocycles. The van der Waals surface area contributed by atoms with Gasteiger partial charge in [-0.2, -0.15) is 10.1 Å². The minimum absolute atomic E-state index is 0.324. The molecule has 0 aliphatic heterocycles. The number of aryl methyl sites for hydroxylation is 2. The molecule has 19 heavy (non-hydrogen) atoms. The van der Waals surface area contributed by atoms with Crippen molar-refractivity contribution in [1.29, 1.82) is 0 Å². The normalized spacial score (nSPS) is 11.1. The Morgan fingerprint density at radius 3 is 2.74 bits per heavy atom. The fourth-order valence-corrected chi connectivity index (χ4v) is 2.08. The molecular formula is C11H13N7O. The van der Waals surface area contributed by atoms with Gasteiger partial charge in [-0.05, 0) is 6.92 Å². The summed E-state index contributed by atoms with van der Waals surface area (Å²) < 4.78 is 8.62. The summed E-state index contributed by atoms with van der Waals surface area (Å²) in [5.74, 6) is 0.724. The van der Waals surface area contributed by atoms with Gasteiger partial charge in [0.15, 0.2) is 11.2 Å². The van der Waals surface area contributed by atoms with Crippen molar-refractivity contribution in [3.8, 4) is 11.6 Å². The van der Waals surface area contributed by atoms with Gasteiger partial charge in [0.1, 0.15) is 6.33 Å². The Morgan fingerprint density at radius 2 is 2.11 bits per heavy atom. The van der Waals surface area contributed by atoms with Gasteiger partial charge in [-0.15, -0.1) is 0 Å². The molecule has 8 nitrogen and oxygen atoms in total. The molecule has 0 fully saturated rings. The van der Waals surface area contributed by atoms with E-state index in [0.29, 0.717) is 23.0 Å². The molecule has 8 heteroatoms. The van der Waals surface area contributed by atoms with Crippen molar-refractivity contribution in [3.05, 3.63) is 18.2 Å². The van der Waals surface area contributed by atoms with E-state index in [1.54, 1.807) is 9.25 Å². The van der Waals surface area contributed by atoms with Crippen LogP contribution in [0.15, 0.2) is 12.5 Å². The molecule has 3 aromatic heterocycles. The second-order valence-corrected chi connectivity index (χ2v) is 4.13. The summed E-state index contributed by atoms with van der Waals surface area (Å²) in [6.07, 6.45) is 3.28. The molecule has 0 spiro atoms. The molecule has 0 radical (unpaired) electrons. The highest BCUT2D eigenvalue weighted by molar-refractivity contribution is 5.81. The quantitative estimate of drug-likeness (QED) is 0.717. The van der Waals surface area contributed by atoms with Gasteiger partial charge in [0.25, 0.3) is 0 Å². The minimum Gasteiger partial charge on any atom is -0.479 e. The highest BCUT2D eigenvalue weighted by Crippen LogP contribution is 2.27. The summed E-state index contributed by atoms with van der Waals surface area (Å²) >= 11 is 0. The standard InChI is InChI=1S/C11H13N7O/c1-6-7(4-17(2)16-6)18-9-8(15-11(18)12)10(19-3)14-5-13-9/h4-5H,1-3H3,(H2,12,15). The van der Waals surface area contributed by atoms with Crippen LogP contribution in [0.1, 0.15) is 5.69 Å². The first kappa shape index (κ1) is 11.5. The number of ether oxygens (including phenoxy) is 1. The van der Waals surface area contributed by atoms with Crippen molar-refractivity contribution in [3.63, 3.8) is 0 Å². The number of hydrogen-bond acceptors (Lipinski definition) is 6. The zero-order chi connectivity index (χ0) is 13.6. The summed E-state index contributed by atoms with van der Waals surface area (Å²) in [5.41, 5.74) is 8.78. The van der Waals surface area contributed by atoms with Gasteiger partial charge in [0.2, 0.25) is 11.8 Å². The molecule has 0 aliphatic carbocycles. The number of rotatable bonds is 2. The number of imidazole rings is 1. The average molecular weight is 259 g/mol. The third-order valence-electron chi connectivity index (χ3n) is 2.86. The molecule has 0 saturated heterocycles. The van der Waals surface area contributed by atoms with Gasteiger partial charge in [-0.25, -0.2) is 9.97 Å². The van der Waals surface area contributed by atoms with Crippen LogP contribution in [0.2, 0.25) is 0 Å². The number of nitrogens with two attached hydrogens (primary N) is 1. The summed E-state index contributed by atoms with van der Waals surface area (Å²) in [7, 11) is 3.38. The number of nitrogens with zero attached hydrogens (tertiary/aromatic N) is 6. The third kappa shape index (κ3) is 1.60. The summed E-state index contributed by atoms with van der Waals surface area (Å²) in [4.78, 5) is 12.5. The van der Waals surface area contributed by atoms with Gasteiger partial charge in [-0.3, -0.25) is 9.25 Å². The van der Waals surface area contributed by atoms with Crippen molar-refractivity contribution in [2.75, 3.05) is 12.8 Å². The van der Waals surface area contributed by atoms with E-state index in [-0.39, 0.29) is 0 Å². The Kier molecular flexibility index (Phi) is 2.37. The van der Waals surface area contributed by atoms with E-state index in [2.05, 4.69) is 20.1 Å². The van der Waals surface area contributed by atoms with E-state index >= 15 is 0 Å². The van der Waals surface area contributed by atoms with Crippen LogP contribution < -0.4 is 10.5 Å². The predicted octanol–water partition coefficient (Wildman–Crippen LogP) is 0.448. The second kappa shape index (κ2) is 3.94. The molecule has 98 valence electrons. The predicted molar refractivity (Wildman–Crippen MR) is 69.1 cm³/mol. The molecule has 0 bridgehead atoms. The number of aromatic nitrogens is 6. The van der Waals surface area contributed by atoms with Crippen molar-refractivity contribution < 1.29 is 4.74 Å². The highest BCUT2D eigenvalue weighted by atomic mass is 16.5. The highest BCUT2D eigenvalue weighted by Gasteiger charge is 2.18. The Balaban J connectivity index is 2.35. The maximum absolute atomic E-state index is 5.98. The molecule has 3 aromatic rings. The van der Waals surface area contributed by atoms with Gasteiger partial charge in [0, 0.05) is 13.2 Å². The number of anilines is 1. The van der Waals surface area contributed by atoms with Crippen molar-refractivity contribution in [2.24, 2.45) is 7.05 Å². The van der Waals surface area contributed by atoms with Crippen molar-refractivity contribution in [2.45, 2.75) is 6.92 Å². The van der Waals surface area contributed by atoms with Crippen LogP contribution in [0.3, 0.4) is 0 Å². The first-order valence-electron chi connectivity index (χ1n) is 5.65. The van der Waals surface area contributed by atoms with Crippen LogP contribution in [-0.4, -0.2) is 36.4 Å². The van der Waals surface area contributed by atoms with Crippen molar-refractivity contribution in [1.82, 2.24) is 29.3 Å². The Labute approximate surface area is 108 Å². The number of methoxy groups -OCH3 is 1. The Morgan fingerprint density at radius 1 is 1.32 bits per heavy atom. The number of hydrogen-bond donors (Lipinski definition) is 1. The number of nitrogen functional groups attached to an aromatic ring is 1. The Hall–Kier alpha value is -2.64. The maximum atomic E-state index is 5.98. The van der Waals surface area contributed by atoms with Crippen LogP contribution in [-0.2, 0) is 7.05 Å². The van der Waals surface area contributed by atoms with E-state index in [9.17, 15) is 0 Å². The SMILES string of the molecule is COc1ncnc2c1nc(N)n2-c1cn(C)nc1C. The smallest absolute Gasteiger partial charge is 0.245 e. The molecular weight excluding hydrogens is 246 g/mol. The molecule has 3 heterocycles. The molecule has 0 unspecified atom stereocenters. The molecule has 0 amide bonds. The summed E-state index contributed by atoms with van der Waals surface area (Å²) in [5, 5.41) is 4.30. The minimum atomic E-state index is 0.324. The van der Waals surface area contributed by atoms with Gasteiger partial charge < -0.3 is 10.5 Å². The van der Waals surface area contributed by atoms with Gasteiger partial charge >= 0.3 is 0 Å². The van der Waals surface area contributed by atoms with E-state index in [1.165, 1.54) is 13.4 Å². The fraction of sp³-hybridized carbons (Fsp3) is 0.273. The van der Waals surface area contributed by atoms with Gasteiger partial charge in [-0.1, -0.05) is 0 Å². The zero-order valence-corrected chi connectivity index (χ0v) is 10.8. The number of fused-ring (bicyclic) bond motifs is 1. The van der Waals surface area contributed by atoms with Crippen LogP contribution in [0, 0.1) is 6.92 Å². The largest absolute Gasteiger partial charge is 0.479 e. The second-order valence-electron chi connectivity index (χ2n) is 4.13. The lowest BCUT2D eigenvalue weighted by atomic mass is 10.4. The van der Waals surface area contributed by atoms with Crippen molar-refractivity contribution >= 4 is 17.1 Å². The third-order valence-corrected chi connectivity index (χ3v) is 2.86. The van der Waals surface area contributed by atoms with E-state index in [1.807, 2.05) is 20.2 Å². The Bertz CT molecular complexity index is 758. The first-order chi connectivity index (χ1) is 9.11. The van der Waals surface area contributed by atoms with Crippen LogP contribution in [0.4, 0.5) is 5.95 Å². The molecule has 0 aliphatic rings. The van der Waals surface area contributed by atoms with Crippen LogP contribution in [0.25, 0.3) is 16.9 Å². The van der Waals surface area contributed by atoms with E-state index < -0.39 is 0 Å². The van der Waals surface area contributed by atoms with Crippen LogP contribution in [0.5, 0.6) is 5.88 Å². The first-order valence-corrected chi connectivity index (χ1v) is 5.65. The lowest BCUT2D eigenvalue weighted by Gasteiger charge is -2.03. The summed E-state index contributed by atoms with van der Waals surface area (Å²) in [6.45, 7) is 1.90. The van der Waals surface area contributed by atoms with E-state index in [4.69, 9.17) is 10.5 Å². The molecule has 3 rings (SSSR count). The maximum Gasteiger partial charge on any atom is 0.245 e. The molecule has 0 atom stereocenters. The lowest BCUT2D eigenvalue weighted by Crippen LogP contribution is -2.02. The molecule has 2 N–H and O–H groups in total.